The number of nitrogens with one attached hydrogen (secondary N) is 1. The van der Waals surface area contributed by atoms with E-state index < -0.39 is 17.3 Å². The molecule has 1 rings (SSSR count). The van der Waals surface area contributed by atoms with Crippen molar-refractivity contribution in [1.82, 2.24) is 10.2 Å². The highest BCUT2D eigenvalue weighted by Crippen LogP contribution is 2.42. The average molecular weight is 270 g/mol. The van der Waals surface area contributed by atoms with Crippen molar-refractivity contribution in [1.29, 1.82) is 0 Å². The molecule has 0 aromatic rings. The van der Waals surface area contributed by atoms with Gasteiger partial charge in [0.25, 0.3) is 0 Å². The average Bonchev–Trinajstić information content (AvgIpc) is 2.22. The Morgan fingerprint density at radius 2 is 1.89 bits per heavy atom. The molecule has 0 saturated heterocycles. The maximum absolute atomic E-state index is 12.3. The zero-order chi connectivity index (χ0) is 14.6. The highest BCUT2D eigenvalue weighted by Gasteiger charge is 2.52. The molecule has 0 atom stereocenters. The molecule has 19 heavy (non-hydrogen) atoms. The van der Waals surface area contributed by atoms with Gasteiger partial charge >= 0.3 is 5.97 Å². The lowest BCUT2D eigenvalue weighted by molar-refractivity contribution is -0.168. The van der Waals surface area contributed by atoms with E-state index in [-0.39, 0.29) is 18.5 Å². The molecular formula is C13H22N2O4. The Morgan fingerprint density at radius 3 is 2.21 bits per heavy atom. The molecule has 108 valence electrons. The first-order valence-corrected chi connectivity index (χ1v) is 6.65. The quantitative estimate of drug-likeness (QED) is 0.692. The first-order valence-electron chi connectivity index (χ1n) is 6.65. The van der Waals surface area contributed by atoms with Gasteiger partial charge in [-0.05, 0) is 33.6 Å². The van der Waals surface area contributed by atoms with Crippen LogP contribution in [0.25, 0.3) is 0 Å². The van der Waals surface area contributed by atoms with E-state index in [0.717, 1.165) is 6.42 Å². The molecule has 0 unspecified atom stereocenters. The highest BCUT2D eigenvalue weighted by molar-refractivity contribution is 6.03. The molecule has 0 aromatic carbocycles. The summed E-state index contributed by atoms with van der Waals surface area (Å²) in [5.74, 6) is -1.77. The van der Waals surface area contributed by atoms with E-state index in [9.17, 15) is 19.5 Å². The summed E-state index contributed by atoms with van der Waals surface area (Å²) in [7, 11) is 0. The minimum atomic E-state index is -1.30. The van der Waals surface area contributed by atoms with Crippen LogP contribution in [0.5, 0.6) is 0 Å². The normalized spacial score (nSPS) is 16.6. The summed E-state index contributed by atoms with van der Waals surface area (Å²) in [6, 6.07) is -0.00144. The minimum Gasteiger partial charge on any atom is -0.480 e. The van der Waals surface area contributed by atoms with Gasteiger partial charge in [0.15, 0.2) is 0 Å². The van der Waals surface area contributed by atoms with Gasteiger partial charge in [-0.15, -0.1) is 0 Å². The van der Waals surface area contributed by atoms with Crippen LogP contribution < -0.4 is 5.32 Å². The van der Waals surface area contributed by atoms with Crippen molar-refractivity contribution in [3.05, 3.63) is 0 Å². The van der Waals surface area contributed by atoms with Crippen molar-refractivity contribution >= 4 is 17.8 Å². The minimum absolute atomic E-state index is 0.00144. The van der Waals surface area contributed by atoms with Gasteiger partial charge in [-0.1, -0.05) is 6.42 Å². The van der Waals surface area contributed by atoms with E-state index in [4.69, 9.17) is 0 Å². The Balaban J connectivity index is 2.71. The molecule has 1 aliphatic rings. The number of amides is 2. The Hall–Kier alpha value is -1.59. The number of hydrogen-bond donors (Lipinski definition) is 2. The van der Waals surface area contributed by atoms with Gasteiger partial charge in [-0.3, -0.25) is 14.4 Å². The number of carboxylic acid groups (broad SMARTS) is 1. The van der Waals surface area contributed by atoms with Gasteiger partial charge in [0.2, 0.25) is 11.8 Å². The Bertz CT molecular complexity index is 375. The second-order valence-corrected chi connectivity index (χ2v) is 5.28. The van der Waals surface area contributed by atoms with E-state index in [1.807, 2.05) is 13.8 Å². The number of nitrogens with zero attached hydrogens (tertiary/aromatic N) is 1. The van der Waals surface area contributed by atoms with E-state index in [0.29, 0.717) is 19.4 Å². The number of carbonyl (C=O) groups excluding carboxylic acids is 2. The summed E-state index contributed by atoms with van der Waals surface area (Å²) in [5.41, 5.74) is -1.30. The van der Waals surface area contributed by atoms with Gasteiger partial charge in [-0.25, -0.2) is 0 Å². The zero-order valence-corrected chi connectivity index (χ0v) is 11.7. The summed E-state index contributed by atoms with van der Waals surface area (Å²) < 4.78 is 0. The molecule has 6 heteroatoms. The van der Waals surface area contributed by atoms with E-state index >= 15 is 0 Å². The first kappa shape index (κ1) is 15.5. The predicted octanol–water partition coefficient (Wildman–Crippen LogP) is 0.614. The fraction of sp³-hybridized carbons (Fsp3) is 0.769. The van der Waals surface area contributed by atoms with E-state index in [1.165, 1.54) is 4.90 Å². The summed E-state index contributed by atoms with van der Waals surface area (Å²) in [6.45, 7) is 5.66. The third kappa shape index (κ3) is 3.24. The van der Waals surface area contributed by atoms with Crippen molar-refractivity contribution < 1.29 is 19.5 Å². The molecule has 0 radical (unpaired) electrons. The molecule has 0 bridgehead atoms. The molecule has 0 aliphatic heterocycles. The van der Waals surface area contributed by atoms with Crippen LogP contribution in [0.3, 0.4) is 0 Å². The number of rotatable bonds is 6. The Labute approximate surface area is 113 Å². The predicted molar refractivity (Wildman–Crippen MR) is 69.5 cm³/mol. The lowest BCUT2D eigenvalue weighted by Crippen LogP contribution is -2.54. The molecule has 2 amide bonds. The number of carbonyl (C=O) groups is 3. The van der Waals surface area contributed by atoms with Crippen molar-refractivity contribution in [3.8, 4) is 0 Å². The molecule has 1 saturated carbocycles. The summed E-state index contributed by atoms with van der Waals surface area (Å²) >= 11 is 0. The molecule has 0 heterocycles. The van der Waals surface area contributed by atoms with Crippen LogP contribution >= 0.6 is 0 Å². The number of aliphatic carboxylic acids is 1. The molecule has 0 aromatic heterocycles. The molecule has 1 fully saturated rings. The van der Waals surface area contributed by atoms with Crippen LogP contribution in [0.1, 0.15) is 40.0 Å². The number of likely N-dealkylation sites (N-methyl/N-ethyl adjacent to an activating group) is 1. The third-order valence-corrected chi connectivity index (χ3v) is 3.48. The van der Waals surface area contributed by atoms with Crippen LogP contribution in [0, 0.1) is 5.41 Å². The van der Waals surface area contributed by atoms with Crippen LogP contribution in [0.15, 0.2) is 0 Å². The first-order chi connectivity index (χ1) is 8.83. The molecule has 2 N–H and O–H groups in total. The topological polar surface area (TPSA) is 86.7 Å². The van der Waals surface area contributed by atoms with E-state index in [2.05, 4.69) is 5.32 Å². The fourth-order valence-electron chi connectivity index (χ4n) is 2.22. The Kier molecular flexibility index (Phi) is 4.91. The van der Waals surface area contributed by atoms with Gasteiger partial charge in [0.05, 0.1) is 6.54 Å². The van der Waals surface area contributed by atoms with Crippen molar-refractivity contribution in [2.75, 3.05) is 13.1 Å². The van der Waals surface area contributed by atoms with Gasteiger partial charge in [0, 0.05) is 12.6 Å². The number of carboxylic acids is 1. The molecule has 6 nitrogen and oxygen atoms in total. The monoisotopic (exact) mass is 270 g/mol. The summed E-state index contributed by atoms with van der Waals surface area (Å²) in [5, 5.41) is 11.9. The van der Waals surface area contributed by atoms with Gasteiger partial charge in [0.1, 0.15) is 5.41 Å². The van der Waals surface area contributed by atoms with Crippen LogP contribution in [0.2, 0.25) is 0 Å². The van der Waals surface area contributed by atoms with Crippen LogP contribution in [-0.2, 0) is 14.4 Å². The maximum Gasteiger partial charge on any atom is 0.319 e. The van der Waals surface area contributed by atoms with Crippen LogP contribution in [0.4, 0.5) is 0 Å². The van der Waals surface area contributed by atoms with Crippen molar-refractivity contribution in [3.63, 3.8) is 0 Å². The standard InChI is InChI=1S/C13H22N2O4/c1-4-15(8-10(16)14-9(2)3)11(17)13(12(18)19)6-5-7-13/h9H,4-8H2,1-3H3,(H,14,16)(H,18,19). The largest absolute Gasteiger partial charge is 0.480 e. The third-order valence-electron chi connectivity index (χ3n) is 3.48. The van der Waals surface area contributed by atoms with Crippen molar-refractivity contribution in [2.24, 2.45) is 5.41 Å². The second-order valence-electron chi connectivity index (χ2n) is 5.28. The van der Waals surface area contributed by atoms with Gasteiger partial charge < -0.3 is 15.3 Å². The summed E-state index contributed by atoms with van der Waals surface area (Å²) in [4.78, 5) is 36.6. The highest BCUT2D eigenvalue weighted by atomic mass is 16.4. The lowest BCUT2D eigenvalue weighted by atomic mass is 9.67. The van der Waals surface area contributed by atoms with Crippen LogP contribution in [-0.4, -0.2) is 46.9 Å². The lowest BCUT2D eigenvalue weighted by Gasteiger charge is -2.39. The van der Waals surface area contributed by atoms with Gasteiger partial charge in [-0.2, -0.15) is 0 Å². The molecule has 0 spiro atoms. The zero-order valence-electron chi connectivity index (χ0n) is 11.7. The Morgan fingerprint density at radius 1 is 1.32 bits per heavy atom. The molecular weight excluding hydrogens is 248 g/mol. The fourth-order valence-corrected chi connectivity index (χ4v) is 2.22. The second kappa shape index (κ2) is 6.04. The van der Waals surface area contributed by atoms with Crippen molar-refractivity contribution in [2.45, 2.75) is 46.1 Å². The number of hydrogen-bond acceptors (Lipinski definition) is 3. The SMILES string of the molecule is CCN(CC(=O)NC(C)C)C(=O)C1(C(=O)O)CCC1. The summed E-state index contributed by atoms with van der Waals surface area (Å²) in [6.07, 6.45) is 1.47. The smallest absolute Gasteiger partial charge is 0.319 e. The maximum atomic E-state index is 12.3. The van der Waals surface area contributed by atoms with E-state index in [1.54, 1.807) is 6.92 Å². The molecule has 1 aliphatic carbocycles.